The molecule has 5 aromatic carbocycles. The van der Waals surface area contributed by atoms with Crippen LogP contribution in [0.3, 0.4) is 0 Å². The predicted octanol–water partition coefficient (Wildman–Crippen LogP) is 6.91. The van der Waals surface area contributed by atoms with Crippen LogP contribution in [-0.2, 0) is 0 Å². The van der Waals surface area contributed by atoms with Gasteiger partial charge in [0.15, 0.2) is 0 Å². The predicted molar refractivity (Wildman–Crippen MR) is 155 cm³/mol. The van der Waals surface area contributed by atoms with Gasteiger partial charge in [0, 0.05) is 33.7 Å². The van der Waals surface area contributed by atoms with Crippen molar-refractivity contribution in [2.24, 2.45) is 0 Å². The Morgan fingerprint density at radius 3 is 0.147 bits per heavy atom. The van der Waals surface area contributed by atoms with Gasteiger partial charge in [0.1, 0.15) is 0 Å². The van der Waals surface area contributed by atoms with E-state index in [1.807, 2.05) is 182 Å². The second-order valence-corrected chi connectivity index (χ2v) is 5.77. The molecule has 0 aliphatic heterocycles. The molecule has 5 rings (SSSR count). The van der Waals surface area contributed by atoms with E-state index in [0.29, 0.717) is 0 Å². The van der Waals surface area contributed by atoms with Crippen molar-refractivity contribution < 1.29 is 0 Å². The standard InChI is InChI=1S/5C6H6.4B/c5*1-2-4-6-5-3-1;;;;/h5*1-6H;;;;. The van der Waals surface area contributed by atoms with Crippen molar-refractivity contribution in [3.63, 3.8) is 0 Å². The zero-order valence-corrected chi connectivity index (χ0v) is 19.6. The van der Waals surface area contributed by atoms with Crippen LogP contribution < -0.4 is 0 Å². The molecule has 0 aromatic heterocycles. The third-order valence-electron chi connectivity index (χ3n) is 3.33. The van der Waals surface area contributed by atoms with E-state index in [4.69, 9.17) is 0 Å². The average molecular weight is 434 g/mol. The Kier molecular flexibility index (Phi) is 37.6. The molecule has 0 fully saturated rings. The van der Waals surface area contributed by atoms with E-state index < -0.39 is 0 Å². The number of hydrogen-bond acceptors (Lipinski definition) is 0. The van der Waals surface area contributed by atoms with Crippen LogP contribution in [0.1, 0.15) is 0 Å². The molecule has 0 unspecified atom stereocenters. The molecule has 0 amide bonds. The van der Waals surface area contributed by atoms with Crippen LogP contribution in [-0.4, -0.2) is 33.7 Å². The topological polar surface area (TPSA) is 0 Å². The van der Waals surface area contributed by atoms with Crippen LogP contribution >= 0.6 is 0 Å². The quantitative estimate of drug-likeness (QED) is 0.233. The first kappa shape index (κ1) is 37.7. The summed E-state index contributed by atoms with van der Waals surface area (Å²) in [6.07, 6.45) is 0. The molecule has 4 heteroatoms. The van der Waals surface area contributed by atoms with Crippen LogP contribution in [0.15, 0.2) is 182 Å². The highest BCUT2D eigenvalue weighted by Gasteiger charge is 1.60. The highest BCUT2D eigenvalue weighted by Crippen LogP contribution is 1.82. The summed E-state index contributed by atoms with van der Waals surface area (Å²) in [5.41, 5.74) is 0. The first-order valence-electron chi connectivity index (χ1n) is 10.0. The first-order chi connectivity index (χ1) is 15.0. The lowest BCUT2D eigenvalue weighted by Gasteiger charge is -1.69. The molecule has 0 saturated heterocycles. The van der Waals surface area contributed by atoms with E-state index in [2.05, 4.69) is 0 Å². The van der Waals surface area contributed by atoms with Gasteiger partial charge in [0.05, 0.1) is 0 Å². The van der Waals surface area contributed by atoms with Gasteiger partial charge in [-0.15, -0.1) is 0 Å². The smallest absolute Gasteiger partial charge is 0 e. The molecule has 162 valence electrons. The minimum atomic E-state index is 0. The van der Waals surface area contributed by atoms with Gasteiger partial charge in [-0.05, 0) is 0 Å². The van der Waals surface area contributed by atoms with E-state index in [9.17, 15) is 0 Å². The van der Waals surface area contributed by atoms with Crippen molar-refractivity contribution in [3.8, 4) is 0 Å². The molecule has 34 heavy (non-hydrogen) atoms. The number of hydrogen-bond donors (Lipinski definition) is 0. The van der Waals surface area contributed by atoms with E-state index in [1.165, 1.54) is 0 Å². The van der Waals surface area contributed by atoms with Gasteiger partial charge >= 0.3 is 0 Å². The lowest BCUT2D eigenvalue weighted by Crippen LogP contribution is -1.47. The first-order valence-corrected chi connectivity index (χ1v) is 10.0. The summed E-state index contributed by atoms with van der Waals surface area (Å²) < 4.78 is 0. The van der Waals surface area contributed by atoms with E-state index in [-0.39, 0.29) is 33.7 Å². The van der Waals surface area contributed by atoms with Gasteiger partial charge in [0.2, 0.25) is 0 Å². The average Bonchev–Trinajstić information content (AvgIpc) is 2.91. The van der Waals surface area contributed by atoms with Crippen LogP contribution in [0.4, 0.5) is 0 Å². The summed E-state index contributed by atoms with van der Waals surface area (Å²) in [4.78, 5) is 0. The Hall–Kier alpha value is -3.64. The lowest BCUT2D eigenvalue weighted by atomic mass is 10.4. The van der Waals surface area contributed by atoms with Gasteiger partial charge in [-0.2, -0.15) is 0 Å². The van der Waals surface area contributed by atoms with Crippen LogP contribution in [0.5, 0.6) is 0 Å². The van der Waals surface area contributed by atoms with Crippen molar-refractivity contribution in [3.05, 3.63) is 182 Å². The summed E-state index contributed by atoms with van der Waals surface area (Å²) in [6, 6.07) is 60.0. The van der Waals surface area contributed by atoms with Gasteiger partial charge in [-0.3, -0.25) is 0 Å². The SMILES string of the molecule is [B].[B].[B].[B].c1ccccc1.c1ccccc1.c1ccccc1.c1ccccc1.c1ccccc1. The van der Waals surface area contributed by atoms with Crippen molar-refractivity contribution in [1.82, 2.24) is 0 Å². The summed E-state index contributed by atoms with van der Waals surface area (Å²) in [6.45, 7) is 0. The molecule has 0 aliphatic rings. The van der Waals surface area contributed by atoms with Gasteiger partial charge in [-0.25, -0.2) is 0 Å². The van der Waals surface area contributed by atoms with E-state index in [1.54, 1.807) is 0 Å². The minimum absolute atomic E-state index is 0. The van der Waals surface area contributed by atoms with Gasteiger partial charge in [0.25, 0.3) is 0 Å². The third kappa shape index (κ3) is 30.6. The Morgan fingerprint density at radius 2 is 0.118 bits per heavy atom. The van der Waals surface area contributed by atoms with Crippen molar-refractivity contribution in [2.75, 3.05) is 0 Å². The fourth-order valence-corrected chi connectivity index (χ4v) is 1.92. The second-order valence-electron chi connectivity index (χ2n) is 5.77. The van der Waals surface area contributed by atoms with Crippen molar-refractivity contribution in [1.29, 1.82) is 0 Å². The molecule has 0 aliphatic carbocycles. The molecule has 0 atom stereocenters. The van der Waals surface area contributed by atoms with E-state index in [0.717, 1.165) is 0 Å². The Bertz CT molecular complexity index is 560. The van der Waals surface area contributed by atoms with Crippen molar-refractivity contribution in [2.45, 2.75) is 0 Å². The Morgan fingerprint density at radius 1 is 0.0882 bits per heavy atom. The van der Waals surface area contributed by atoms with Gasteiger partial charge < -0.3 is 0 Å². The molecule has 0 N–H and O–H groups in total. The van der Waals surface area contributed by atoms with Gasteiger partial charge in [-0.1, -0.05) is 182 Å². The third-order valence-corrected chi connectivity index (χ3v) is 3.33. The highest BCUT2D eigenvalue weighted by molar-refractivity contribution is 5.76. The highest BCUT2D eigenvalue weighted by atomic mass is 13.7. The Balaban J connectivity index is -0.000000161. The molecule has 0 saturated carbocycles. The zero-order valence-electron chi connectivity index (χ0n) is 19.6. The summed E-state index contributed by atoms with van der Waals surface area (Å²) in [7, 11) is 0. The molecule has 0 spiro atoms. The minimum Gasteiger partial charge on any atom is -0.0623 e. The fraction of sp³-hybridized carbons (Fsp3) is 0. The molecule has 0 bridgehead atoms. The molecule has 5 aromatic rings. The molecule has 0 heterocycles. The number of benzene rings is 5. The lowest BCUT2D eigenvalue weighted by molar-refractivity contribution is 1.72. The fourth-order valence-electron chi connectivity index (χ4n) is 1.92. The molecular formula is C30H30B4. The Labute approximate surface area is 215 Å². The summed E-state index contributed by atoms with van der Waals surface area (Å²) in [5, 5.41) is 0. The second kappa shape index (κ2) is 34.0. The number of rotatable bonds is 0. The summed E-state index contributed by atoms with van der Waals surface area (Å²) >= 11 is 0. The zero-order chi connectivity index (χ0) is 21.2. The van der Waals surface area contributed by atoms with E-state index >= 15 is 0 Å². The monoisotopic (exact) mass is 434 g/mol. The van der Waals surface area contributed by atoms with Crippen LogP contribution in [0, 0.1) is 0 Å². The van der Waals surface area contributed by atoms with Crippen molar-refractivity contribution >= 4 is 33.7 Å². The summed E-state index contributed by atoms with van der Waals surface area (Å²) in [5.74, 6) is 0. The largest absolute Gasteiger partial charge is 0.0623 e. The molecule has 12 radical (unpaired) electrons. The van der Waals surface area contributed by atoms with Crippen LogP contribution in [0.25, 0.3) is 0 Å². The maximum absolute atomic E-state index is 2.00. The van der Waals surface area contributed by atoms with Crippen LogP contribution in [0.2, 0.25) is 0 Å². The molecule has 0 nitrogen and oxygen atoms in total. The maximum atomic E-state index is 2.00. The molecular weight excluding hydrogens is 404 g/mol. The maximum Gasteiger partial charge on any atom is 0 e. The normalized spacial score (nSPS) is 7.06.